The van der Waals surface area contributed by atoms with E-state index in [0.717, 1.165) is 51.9 Å². The van der Waals surface area contributed by atoms with Crippen molar-refractivity contribution in [1.82, 2.24) is 10.2 Å². The lowest BCUT2D eigenvalue weighted by molar-refractivity contribution is -0.0528. The molecule has 2 aliphatic rings. The highest BCUT2D eigenvalue weighted by atomic mass is 16.5. The topological polar surface area (TPSA) is 48.3 Å². The van der Waals surface area contributed by atoms with Crippen LogP contribution in [0.4, 0.5) is 0 Å². The minimum Gasteiger partial charge on any atom is -0.376 e. The van der Waals surface area contributed by atoms with E-state index in [1.54, 1.807) is 0 Å². The van der Waals surface area contributed by atoms with Crippen molar-refractivity contribution in [2.75, 3.05) is 26.2 Å². The van der Waals surface area contributed by atoms with Crippen LogP contribution in [0.2, 0.25) is 0 Å². The molecular formula is C15H27N3O. The van der Waals surface area contributed by atoms with Crippen molar-refractivity contribution in [2.45, 2.75) is 63.6 Å². The van der Waals surface area contributed by atoms with Gasteiger partial charge in [0.05, 0.1) is 18.8 Å². The van der Waals surface area contributed by atoms with E-state index in [1.165, 1.54) is 6.42 Å². The molecule has 0 amide bonds. The van der Waals surface area contributed by atoms with E-state index in [1.807, 2.05) is 0 Å². The zero-order valence-electron chi connectivity index (χ0n) is 12.3. The van der Waals surface area contributed by atoms with Crippen LogP contribution in [0, 0.1) is 11.3 Å². The zero-order chi connectivity index (χ0) is 13.7. The minimum absolute atomic E-state index is 0.294. The Balaban J connectivity index is 1.98. The predicted octanol–water partition coefficient (Wildman–Crippen LogP) is 1.91. The van der Waals surface area contributed by atoms with E-state index in [2.05, 4.69) is 30.1 Å². The molecule has 0 radical (unpaired) electrons. The van der Waals surface area contributed by atoms with Crippen molar-refractivity contribution in [1.29, 1.82) is 5.26 Å². The van der Waals surface area contributed by atoms with Crippen LogP contribution in [0.5, 0.6) is 0 Å². The Bertz CT molecular complexity index is 324. The van der Waals surface area contributed by atoms with Gasteiger partial charge in [0.2, 0.25) is 0 Å². The number of nitrogens with one attached hydrogen (secondary N) is 1. The van der Waals surface area contributed by atoms with Crippen molar-refractivity contribution >= 4 is 0 Å². The summed E-state index contributed by atoms with van der Waals surface area (Å²) in [5.41, 5.74) is -0.294. The quantitative estimate of drug-likeness (QED) is 0.843. The lowest BCUT2D eigenvalue weighted by Gasteiger charge is -2.44. The third kappa shape index (κ3) is 3.47. The minimum atomic E-state index is -0.294. The molecule has 1 N–H and O–H groups in total. The van der Waals surface area contributed by atoms with Crippen molar-refractivity contribution < 1.29 is 4.74 Å². The van der Waals surface area contributed by atoms with E-state index in [4.69, 9.17) is 4.74 Å². The maximum absolute atomic E-state index is 9.53. The highest BCUT2D eigenvalue weighted by Gasteiger charge is 2.39. The van der Waals surface area contributed by atoms with Crippen molar-refractivity contribution in [2.24, 2.45) is 0 Å². The van der Waals surface area contributed by atoms with Gasteiger partial charge in [0.25, 0.3) is 0 Å². The number of nitriles is 1. The fraction of sp³-hybridized carbons (Fsp3) is 0.933. The van der Waals surface area contributed by atoms with Crippen LogP contribution in [0.3, 0.4) is 0 Å². The Labute approximate surface area is 117 Å². The van der Waals surface area contributed by atoms with Crippen LogP contribution in [0.25, 0.3) is 0 Å². The third-order valence-electron chi connectivity index (χ3n) is 4.60. The van der Waals surface area contributed by atoms with Crippen molar-refractivity contribution in [3.8, 4) is 6.07 Å². The van der Waals surface area contributed by atoms with E-state index < -0.39 is 0 Å². The maximum atomic E-state index is 9.53. The molecule has 3 atom stereocenters. The molecule has 0 aromatic rings. The third-order valence-corrected chi connectivity index (χ3v) is 4.60. The number of ether oxygens (including phenoxy) is 1. The summed E-state index contributed by atoms with van der Waals surface area (Å²) in [6.07, 6.45) is 5.81. The summed E-state index contributed by atoms with van der Waals surface area (Å²) in [6, 6.07) is 3.09. The molecule has 0 spiro atoms. The van der Waals surface area contributed by atoms with Gasteiger partial charge in [0, 0.05) is 19.1 Å². The van der Waals surface area contributed by atoms with E-state index in [-0.39, 0.29) is 5.54 Å². The summed E-state index contributed by atoms with van der Waals surface area (Å²) in [5.74, 6) is 0. The molecule has 1 heterocycles. The molecule has 1 saturated heterocycles. The summed E-state index contributed by atoms with van der Waals surface area (Å²) in [7, 11) is 0. The van der Waals surface area contributed by atoms with Crippen LogP contribution in [-0.2, 0) is 4.74 Å². The highest BCUT2D eigenvalue weighted by molar-refractivity contribution is 5.11. The summed E-state index contributed by atoms with van der Waals surface area (Å²) in [6.45, 7) is 8.05. The normalized spacial score (nSPS) is 36.9. The fourth-order valence-electron chi connectivity index (χ4n) is 3.52. The monoisotopic (exact) mass is 265 g/mol. The van der Waals surface area contributed by atoms with Crippen molar-refractivity contribution in [3.05, 3.63) is 0 Å². The van der Waals surface area contributed by atoms with Crippen LogP contribution < -0.4 is 5.32 Å². The lowest BCUT2D eigenvalue weighted by atomic mass is 9.79. The molecule has 3 unspecified atom stereocenters. The predicted molar refractivity (Wildman–Crippen MR) is 75.9 cm³/mol. The Morgan fingerprint density at radius 2 is 2.32 bits per heavy atom. The molecule has 0 aromatic carbocycles. The Morgan fingerprint density at radius 3 is 3.00 bits per heavy atom. The van der Waals surface area contributed by atoms with Crippen LogP contribution in [-0.4, -0.2) is 48.8 Å². The van der Waals surface area contributed by atoms with Gasteiger partial charge in [0.1, 0.15) is 5.54 Å². The molecule has 19 heavy (non-hydrogen) atoms. The Hall–Kier alpha value is -0.630. The SMILES string of the molecule is CCNC1(C#N)CCCC(N2CCOC(CC)C2)C1. The van der Waals surface area contributed by atoms with E-state index in [9.17, 15) is 5.26 Å². The number of rotatable bonds is 4. The van der Waals surface area contributed by atoms with Crippen molar-refractivity contribution in [3.63, 3.8) is 0 Å². The molecular weight excluding hydrogens is 238 g/mol. The van der Waals surface area contributed by atoms with Gasteiger partial charge in [0.15, 0.2) is 0 Å². The van der Waals surface area contributed by atoms with Gasteiger partial charge >= 0.3 is 0 Å². The fourth-order valence-corrected chi connectivity index (χ4v) is 3.52. The summed E-state index contributed by atoms with van der Waals surface area (Å²) in [5, 5.41) is 13.0. The van der Waals surface area contributed by atoms with Gasteiger partial charge in [-0.2, -0.15) is 5.26 Å². The average molecular weight is 265 g/mol. The van der Waals surface area contributed by atoms with Gasteiger partial charge in [-0.3, -0.25) is 10.2 Å². The van der Waals surface area contributed by atoms with E-state index in [0.29, 0.717) is 12.1 Å². The second-order valence-electron chi connectivity index (χ2n) is 5.87. The summed E-state index contributed by atoms with van der Waals surface area (Å²) < 4.78 is 5.75. The number of hydrogen-bond acceptors (Lipinski definition) is 4. The number of nitrogens with zero attached hydrogens (tertiary/aromatic N) is 2. The molecule has 4 heteroatoms. The number of morpholine rings is 1. The standard InChI is InChI=1S/C15H27N3O/c1-3-14-11-18(8-9-19-14)13-6-5-7-15(10-13,12-16)17-4-2/h13-14,17H,3-11H2,1-2H3. The second-order valence-corrected chi connectivity index (χ2v) is 5.87. The Morgan fingerprint density at radius 1 is 1.47 bits per heavy atom. The molecule has 2 fully saturated rings. The number of hydrogen-bond donors (Lipinski definition) is 1. The van der Waals surface area contributed by atoms with Gasteiger partial charge in [-0.05, 0) is 38.6 Å². The molecule has 1 aliphatic carbocycles. The Kier molecular flexibility index (Phi) is 5.20. The van der Waals surface area contributed by atoms with Gasteiger partial charge in [-0.1, -0.05) is 13.8 Å². The molecule has 0 bridgehead atoms. The zero-order valence-corrected chi connectivity index (χ0v) is 12.3. The van der Waals surface area contributed by atoms with Crippen LogP contribution in [0.15, 0.2) is 0 Å². The second kappa shape index (κ2) is 6.69. The lowest BCUT2D eigenvalue weighted by Crippen LogP contribution is -2.55. The largest absolute Gasteiger partial charge is 0.376 e. The molecule has 2 rings (SSSR count). The van der Waals surface area contributed by atoms with Crippen LogP contribution in [0.1, 0.15) is 46.0 Å². The van der Waals surface area contributed by atoms with E-state index >= 15 is 0 Å². The smallest absolute Gasteiger partial charge is 0.108 e. The van der Waals surface area contributed by atoms with Gasteiger partial charge in [-0.25, -0.2) is 0 Å². The first-order valence-corrected chi connectivity index (χ1v) is 7.75. The molecule has 4 nitrogen and oxygen atoms in total. The molecule has 1 aliphatic heterocycles. The van der Waals surface area contributed by atoms with Gasteiger partial charge < -0.3 is 4.74 Å². The maximum Gasteiger partial charge on any atom is 0.108 e. The molecule has 0 aromatic heterocycles. The molecule has 1 saturated carbocycles. The summed E-state index contributed by atoms with van der Waals surface area (Å²) >= 11 is 0. The average Bonchev–Trinajstić information content (AvgIpc) is 2.48. The summed E-state index contributed by atoms with van der Waals surface area (Å²) in [4.78, 5) is 2.56. The first-order chi connectivity index (χ1) is 9.23. The first-order valence-electron chi connectivity index (χ1n) is 7.75. The van der Waals surface area contributed by atoms with Crippen LogP contribution >= 0.6 is 0 Å². The molecule has 108 valence electrons. The highest BCUT2D eigenvalue weighted by Crippen LogP contribution is 2.31. The first kappa shape index (κ1) is 14.8. The van der Waals surface area contributed by atoms with Gasteiger partial charge in [-0.15, -0.1) is 0 Å².